The van der Waals surface area contributed by atoms with Gasteiger partial charge in [-0.2, -0.15) is 0 Å². The lowest BCUT2D eigenvalue weighted by molar-refractivity contribution is 1.19. The van der Waals surface area contributed by atoms with Crippen LogP contribution < -0.4 is 4.90 Å². The fourth-order valence-electron chi connectivity index (χ4n) is 9.56. The number of hydrogen-bond acceptors (Lipinski definition) is 1. The molecule has 0 aliphatic rings. The Kier molecular flexibility index (Phi) is 8.53. The minimum Gasteiger partial charge on any atom is -0.310 e. The van der Waals surface area contributed by atoms with Crippen molar-refractivity contribution >= 4 is 71.2 Å². The van der Waals surface area contributed by atoms with Crippen LogP contribution in [0.5, 0.6) is 0 Å². The lowest BCUT2D eigenvalue weighted by Gasteiger charge is -2.28. The third-order valence-electron chi connectivity index (χ3n) is 12.6. The van der Waals surface area contributed by atoms with Gasteiger partial charge in [0.1, 0.15) is 0 Å². The highest BCUT2D eigenvalue weighted by Gasteiger charge is 2.19. The number of aromatic nitrogens is 1. The average Bonchev–Trinajstić information content (AvgIpc) is 3.69. The van der Waals surface area contributed by atoms with Crippen LogP contribution in [0.2, 0.25) is 0 Å². The lowest BCUT2D eigenvalue weighted by atomic mass is 9.97. The summed E-state index contributed by atoms with van der Waals surface area (Å²) in [7, 11) is 0. The second kappa shape index (κ2) is 14.8. The maximum atomic E-state index is 2.44. The standard InChI is InChI=1S/C60H40N2/c1-3-13-43(14-4-1)54-20-11-12-22-58(54)61(50-32-25-41(26-33-50)46-30-36-53-48(39-46)24-23-44-15-7-9-19-52(44)53)51-34-27-42(28-35-51)47-31-37-56-57-38-29-45-16-8-10-21-55(45)60(57)62(59(56)40-47)49-17-5-2-6-18-49/h1-40H. The van der Waals surface area contributed by atoms with Gasteiger partial charge in [0.2, 0.25) is 0 Å². The van der Waals surface area contributed by atoms with Crippen molar-refractivity contribution in [2.45, 2.75) is 0 Å². The van der Waals surface area contributed by atoms with Crippen LogP contribution in [0.1, 0.15) is 0 Å². The Balaban J connectivity index is 0.962. The van der Waals surface area contributed by atoms with Crippen LogP contribution in [0.25, 0.3) is 93.2 Å². The molecule has 12 aromatic rings. The molecule has 0 N–H and O–H groups in total. The van der Waals surface area contributed by atoms with Crippen LogP contribution in [-0.4, -0.2) is 4.57 Å². The fraction of sp³-hybridized carbons (Fsp3) is 0. The first-order valence-corrected chi connectivity index (χ1v) is 21.3. The van der Waals surface area contributed by atoms with Crippen molar-refractivity contribution in [2.75, 3.05) is 4.90 Å². The Bertz CT molecular complexity index is 3600. The third kappa shape index (κ3) is 6.04. The smallest absolute Gasteiger partial charge is 0.0619 e. The van der Waals surface area contributed by atoms with Crippen molar-refractivity contribution in [2.24, 2.45) is 0 Å². The van der Waals surface area contributed by atoms with E-state index in [9.17, 15) is 0 Å². The lowest BCUT2D eigenvalue weighted by Crippen LogP contribution is -2.11. The molecule has 1 heterocycles. The van der Waals surface area contributed by atoms with Gasteiger partial charge in [-0.25, -0.2) is 0 Å². The molecule has 0 spiro atoms. The number of hydrogen-bond donors (Lipinski definition) is 0. The quantitative estimate of drug-likeness (QED) is 0.146. The highest BCUT2D eigenvalue weighted by molar-refractivity contribution is 6.19. The SMILES string of the molecule is c1ccc(-c2ccccc2N(c2ccc(-c3ccc4c(ccc5ccccc54)c3)cc2)c2ccc(-c3ccc4c5ccc6ccccc6c5n(-c5ccccc5)c4c3)cc2)cc1. The second-order valence-corrected chi connectivity index (χ2v) is 16.1. The molecule has 0 amide bonds. The van der Waals surface area contributed by atoms with E-state index in [0.717, 1.165) is 22.7 Å². The van der Waals surface area contributed by atoms with Gasteiger partial charge in [0, 0.05) is 38.8 Å². The van der Waals surface area contributed by atoms with Gasteiger partial charge >= 0.3 is 0 Å². The molecule has 0 fully saturated rings. The summed E-state index contributed by atoms with van der Waals surface area (Å²) in [5.74, 6) is 0. The van der Waals surface area contributed by atoms with E-state index in [-0.39, 0.29) is 0 Å². The number of rotatable bonds is 7. The summed E-state index contributed by atoms with van der Waals surface area (Å²) in [4.78, 5) is 2.39. The Hall–Kier alpha value is -8.20. The molecule has 62 heavy (non-hydrogen) atoms. The van der Waals surface area contributed by atoms with Crippen molar-refractivity contribution in [3.63, 3.8) is 0 Å². The molecular weight excluding hydrogens is 749 g/mol. The first kappa shape index (κ1) is 35.7. The first-order chi connectivity index (χ1) is 30.7. The molecule has 2 heteroatoms. The number of anilines is 3. The van der Waals surface area contributed by atoms with Crippen LogP contribution in [0.4, 0.5) is 17.1 Å². The molecule has 2 nitrogen and oxygen atoms in total. The van der Waals surface area contributed by atoms with E-state index in [4.69, 9.17) is 0 Å². The molecule has 12 rings (SSSR count). The summed E-state index contributed by atoms with van der Waals surface area (Å²) in [6.45, 7) is 0. The molecule has 0 aliphatic heterocycles. The fourth-order valence-corrected chi connectivity index (χ4v) is 9.56. The van der Waals surface area contributed by atoms with Crippen LogP contribution in [0.15, 0.2) is 243 Å². The first-order valence-electron chi connectivity index (χ1n) is 21.3. The third-order valence-corrected chi connectivity index (χ3v) is 12.6. The normalized spacial score (nSPS) is 11.5. The van der Waals surface area contributed by atoms with Crippen LogP contribution in [0.3, 0.4) is 0 Å². The van der Waals surface area contributed by atoms with Gasteiger partial charge in [0.25, 0.3) is 0 Å². The summed E-state index contributed by atoms with van der Waals surface area (Å²) in [6.07, 6.45) is 0. The zero-order valence-electron chi connectivity index (χ0n) is 34.0. The van der Waals surface area contributed by atoms with Crippen molar-refractivity contribution in [1.29, 1.82) is 0 Å². The average molecular weight is 789 g/mol. The largest absolute Gasteiger partial charge is 0.310 e. The van der Waals surface area contributed by atoms with E-state index in [2.05, 4.69) is 252 Å². The number of benzene rings is 11. The topological polar surface area (TPSA) is 8.17 Å². The summed E-state index contributed by atoms with van der Waals surface area (Å²) in [5.41, 5.74) is 14.0. The number of nitrogens with zero attached hydrogens (tertiary/aromatic N) is 2. The van der Waals surface area contributed by atoms with Crippen molar-refractivity contribution in [1.82, 2.24) is 4.57 Å². The molecule has 290 valence electrons. The van der Waals surface area contributed by atoms with Gasteiger partial charge in [0.05, 0.1) is 16.7 Å². The van der Waals surface area contributed by atoms with Crippen molar-refractivity contribution in [3.05, 3.63) is 243 Å². The molecule has 0 radical (unpaired) electrons. The maximum absolute atomic E-state index is 2.44. The number of fused-ring (bicyclic) bond motifs is 8. The van der Waals surface area contributed by atoms with Crippen molar-refractivity contribution in [3.8, 4) is 39.1 Å². The van der Waals surface area contributed by atoms with Crippen LogP contribution in [0, 0.1) is 0 Å². The van der Waals surface area contributed by atoms with Crippen LogP contribution in [-0.2, 0) is 0 Å². The second-order valence-electron chi connectivity index (χ2n) is 16.1. The molecule has 1 aromatic heterocycles. The monoisotopic (exact) mass is 788 g/mol. The Morgan fingerprint density at radius 1 is 0.290 bits per heavy atom. The summed E-state index contributed by atoms with van der Waals surface area (Å²) in [6, 6.07) is 88.4. The van der Waals surface area contributed by atoms with E-state index >= 15 is 0 Å². The van der Waals surface area contributed by atoms with Gasteiger partial charge in [0.15, 0.2) is 0 Å². The zero-order chi connectivity index (χ0) is 41.0. The van der Waals surface area contributed by atoms with Gasteiger partial charge in [-0.15, -0.1) is 0 Å². The molecular formula is C60H40N2. The van der Waals surface area contributed by atoms with Gasteiger partial charge in [-0.3, -0.25) is 0 Å². The Morgan fingerprint density at radius 3 is 1.52 bits per heavy atom. The van der Waals surface area contributed by atoms with E-state index in [0.29, 0.717) is 0 Å². The highest BCUT2D eigenvalue weighted by atomic mass is 15.1. The predicted molar refractivity (Wildman–Crippen MR) is 264 cm³/mol. The predicted octanol–water partition coefficient (Wildman–Crippen LogP) is 16.7. The van der Waals surface area contributed by atoms with E-state index in [1.165, 1.54) is 87.5 Å². The Labute approximate surface area is 360 Å². The van der Waals surface area contributed by atoms with Gasteiger partial charge in [-0.1, -0.05) is 188 Å². The summed E-state index contributed by atoms with van der Waals surface area (Å²) in [5, 5.41) is 10.1. The molecule has 0 aliphatic carbocycles. The van der Waals surface area contributed by atoms with E-state index in [1.54, 1.807) is 0 Å². The molecule has 0 bridgehead atoms. The molecule has 11 aromatic carbocycles. The highest BCUT2D eigenvalue weighted by Crippen LogP contribution is 2.43. The van der Waals surface area contributed by atoms with E-state index in [1.807, 2.05) is 0 Å². The minimum atomic E-state index is 1.09. The Morgan fingerprint density at radius 2 is 0.790 bits per heavy atom. The zero-order valence-corrected chi connectivity index (χ0v) is 34.0. The maximum Gasteiger partial charge on any atom is 0.0619 e. The summed E-state index contributed by atoms with van der Waals surface area (Å²) >= 11 is 0. The molecule has 0 saturated heterocycles. The molecule has 0 atom stereocenters. The minimum absolute atomic E-state index is 1.09. The molecule has 0 unspecified atom stereocenters. The van der Waals surface area contributed by atoms with Crippen molar-refractivity contribution < 1.29 is 0 Å². The van der Waals surface area contributed by atoms with Gasteiger partial charge in [-0.05, 0) is 109 Å². The molecule has 0 saturated carbocycles. The van der Waals surface area contributed by atoms with Gasteiger partial charge < -0.3 is 9.47 Å². The van der Waals surface area contributed by atoms with E-state index < -0.39 is 0 Å². The van der Waals surface area contributed by atoms with Crippen LogP contribution >= 0.6 is 0 Å². The summed E-state index contributed by atoms with van der Waals surface area (Å²) < 4.78 is 2.44. The number of para-hydroxylation sites is 2.